The Kier molecular flexibility index (Phi) is 3.84. The molecule has 1 aromatic carbocycles. The van der Waals surface area contributed by atoms with E-state index in [4.69, 9.17) is 0 Å². The molecule has 1 fully saturated rings. The van der Waals surface area contributed by atoms with Crippen LogP contribution < -0.4 is 10.2 Å². The fourth-order valence-corrected chi connectivity index (χ4v) is 3.38. The number of fused-ring (bicyclic) bond motifs is 1. The molecule has 2 aromatic rings. The van der Waals surface area contributed by atoms with Crippen LogP contribution in [-0.2, 0) is 11.3 Å². The second-order valence-corrected chi connectivity index (χ2v) is 6.66. The number of rotatable bonds is 5. The van der Waals surface area contributed by atoms with E-state index >= 15 is 0 Å². The van der Waals surface area contributed by atoms with Gasteiger partial charge >= 0.3 is 0 Å². The molecule has 24 heavy (non-hydrogen) atoms. The summed E-state index contributed by atoms with van der Waals surface area (Å²) in [4.78, 5) is 13.7. The number of nitrogens with one attached hydrogen (secondary N) is 1. The molecule has 4 rings (SSSR count). The van der Waals surface area contributed by atoms with E-state index in [9.17, 15) is 4.79 Å². The summed E-state index contributed by atoms with van der Waals surface area (Å²) < 4.78 is 2.02. The number of carbonyl (C=O) groups is 1. The molecule has 0 spiro atoms. The number of amides is 1. The van der Waals surface area contributed by atoms with Crippen molar-refractivity contribution in [1.29, 1.82) is 0 Å². The van der Waals surface area contributed by atoms with Crippen molar-refractivity contribution < 1.29 is 4.79 Å². The first kappa shape index (κ1) is 15.0. The first-order chi connectivity index (χ1) is 11.7. The molecular formula is C19H22N4O. The van der Waals surface area contributed by atoms with Gasteiger partial charge in [-0.2, -0.15) is 5.10 Å². The third-order valence-electron chi connectivity index (χ3n) is 4.85. The van der Waals surface area contributed by atoms with Crippen molar-refractivity contribution >= 4 is 17.4 Å². The molecule has 5 heteroatoms. The van der Waals surface area contributed by atoms with Crippen LogP contribution in [0.1, 0.15) is 24.3 Å². The van der Waals surface area contributed by atoms with Crippen LogP contribution >= 0.6 is 0 Å². The molecule has 1 atom stereocenters. The number of hydrogen-bond acceptors (Lipinski definition) is 3. The van der Waals surface area contributed by atoms with Crippen molar-refractivity contribution in [3.8, 4) is 0 Å². The minimum absolute atomic E-state index is 0.124. The van der Waals surface area contributed by atoms with E-state index < -0.39 is 0 Å². The molecule has 5 nitrogen and oxygen atoms in total. The van der Waals surface area contributed by atoms with E-state index in [2.05, 4.69) is 46.2 Å². The Balaban J connectivity index is 1.54. The predicted octanol–water partition coefficient (Wildman–Crippen LogP) is 2.83. The summed E-state index contributed by atoms with van der Waals surface area (Å²) in [5, 5.41) is 7.33. The number of aromatic nitrogens is 2. The quantitative estimate of drug-likeness (QED) is 0.861. The van der Waals surface area contributed by atoms with Crippen LogP contribution in [0.3, 0.4) is 0 Å². The van der Waals surface area contributed by atoms with Gasteiger partial charge < -0.3 is 10.2 Å². The number of carbonyl (C=O) groups excluding carboxylic acids is 1. The summed E-state index contributed by atoms with van der Waals surface area (Å²) in [5.74, 6) is 2.07. The van der Waals surface area contributed by atoms with Crippen LogP contribution in [0.5, 0.6) is 0 Å². The molecule has 1 amide bonds. The van der Waals surface area contributed by atoms with Crippen LogP contribution in [0.2, 0.25) is 0 Å². The molecule has 1 aliphatic carbocycles. The van der Waals surface area contributed by atoms with Gasteiger partial charge in [0.05, 0.1) is 6.20 Å². The molecule has 0 radical (unpaired) electrons. The molecule has 1 saturated carbocycles. The highest BCUT2D eigenvalue weighted by atomic mass is 16.1. The van der Waals surface area contributed by atoms with Crippen LogP contribution in [0.25, 0.3) is 0 Å². The monoisotopic (exact) mass is 322 g/mol. The topological polar surface area (TPSA) is 50.2 Å². The Morgan fingerprint density at radius 2 is 2.04 bits per heavy atom. The third kappa shape index (κ3) is 2.94. The highest BCUT2D eigenvalue weighted by Gasteiger charge is 2.27. The largest absolute Gasteiger partial charge is 0.352 e. The summed E-state index contributed by atoms with van der Waals surface area (Å²) in [6.07, 6.45) is 5.80. The van der Waals surface area contributed by atoms with Crippen molar-refractivity contribution in [2.24, 2.45) is 5.92 Å². The molecular weight excluding hydrogens is 300 g/mol. The van der Waals surface area contributed by atoms with Gasteiger partial charge in [0.2, 0.25) is 5.91 Å². The van der Waals surface area contributed by atoms with E-state index in [1.165, 1.54) is 30.2 Å². The van der Waals surface area contributed by atoms with E-state index in [0.29, 0.717) is 12.5 Å². The lowest BCUT2D eigenvalue weighted by atomic mass is 10.1. The number of hydrogen-bond donors (Lipinski definition) is 1. The van der Waals surface area contributed by atoms with Crippen LogP contribution in [0.15, 0.2) is 49.2 Å². The van der Waals surface area contributed by atoms with Gasteiger partial charge in [-0.1, -0.05) is 18.7 Å². The molecule has 0 unspecified atom stereocenters. The zero-order chi connectivity index (χ0) is 16.5. The van der Waals surface area contributed by atoms with Crippen LogP contribution in [0.4, 0.5) is 11.5 Å². The Hall–Kier alpha value is -2.56. The van der Waals surface area contributed by atoms with Crippen molar-refractivity contribution in [2.75, 3.05) is 18.0 Å². The van der Waals surface area contributed by atoms with Crippen molar-refractivity contribution in [3.05, 3.63) is 54.7 Å². The Morgan fingerprint density at radius 3 is 2.75 bits per heavy atom. The van der Waals surface area contributed by atoms with E-state index in [0.717, 1.165) is 24.8 Å². The minimum atomic E-state index is -0.124. The van der Waals surface area contributed by atoms with Gasteiger partial charge in [-0.15, -0.1) is 0 Å². The Bertz CT molecular complexity index is 745. The number of anilines is 2. The lowest BCUT2D eigenvalue weighted by Gasteiger charge is -2.35. The average molecular weight is 322 g/mol. The zero-order valence-electron chi connectivity index (χ0n) is 13.7. The van der Waals surface area contributed by atoms with Gasteiger partial charge in [0.1, 0.15) is 5.82 Å². The maximum absolute atomic E-state index is 11.4. The highest BCUT2D eigenvalue weighted by molar-refractivity contribution is 5.86. The first-order valence-corrected chi connectivity index (χ1v) is 8.54. The predicted molar refractivity (Wildman–Crippen MR) is 94.3 cm³/mol. The van der Waals surface area contributed by atoms with E-state index in [1.54, 1.807) is 0 Å². The molecule has 124 valence electrons. The van der Waals surface area contributed by atoms with Crippen molar-refractivity contribution in [1.82, 2.24) is 15.1 Å². The summed E-state index contributed by atoms with van der Waals surface area (Å²) in [6.45, 7) is 5.81. The van der Waals surface area contributed by atoms with Gasteiger partial charge in [-0.3, -0.25) is 4.79 Å². The van der Waals surface area contributed by atoms with Crippen LogP contribution in [0, 0.1) is 5.92 Å². The maximum atomic E-state index is 11.4. The smallest absolute Gasteiger partial charge is 0.243 e. The van der Waals surface area contributed by atoms with Gasteiger partial charge in [0.25, 0.3) is 0 Å². The van der Waals surface area contributed by atoms with Crippen LogP contribution in [-0.4, -0.2) is 28.8 Å². The first-order valence-electron chi connectivity index (χ1n) is 8.54. The Morgan fingerprint density at radius 1 is 1.25 bits per heavy atom. The molecule has 0 saturated heterocycles. The summed E-state index contributed by atoms with van der Waals surface area (Å²) in [7, 11) is 0. The van der Waals surface area contributed by atoms with Gasteiger partial charge in [0.15, 0.2) is 0 Å². The third-order valence-corrected chi connectivity index (χ3v) is 4.85. The normalized spacial score (nSPS) is 19.7. The molecule has 0 bridgehead atoms. The highest BCUT2D eigenvalue weighted by Crippen LogP contribution is 2.41. The lowest BCUT2D eigenvalue weighted by Crippen LogP contribution is -2.41. The Labute approximate surface area is 142 Å². The zero-order valence-corrected chi connectivity index (χ0v) is 13.7. The summed E-state index contributed by atoms with van der Waals surface area (Å²) in [5.41, 5.74) is 2.62. The molecule has 1 aliphatic heterocycles. The fourth-order valence-electron chi connectivity index (χ4n) is 3.38. The molecule has 1 N–H and O–H groups in total. The van der Waals surface area contributed by atoms with E-state index in [-0.39, 0.29) is 5.91 Å². The molecule has 2 aliphatic rings. The summed E-state index contributed by atoms with van der Waals surface area (Å²) >= 11 is 0. The van der Waals surface area contributed by atoms with Gasteiger partial charge in [-0.25, -0.2) is 4.68 Å². The maximum Gasteiger partial charge on any atom is 0.243 e. The second kappa shape index (κ2) is 6.15. The lowest BCUT2D eigenvalue weighted by molar-refractivity contribution is -0.116. The number of benzene rings is 1. The SMILES string of the molecule is C=CC(=O)NC[C@@H]1CN(c2ccc(C3CC3)cc2)c2ccnn2C1. The van der Waals surface area contributed by atoms with Gasteiger partial charge in [-0.05, 0) is 42.5 Å². The standard InChI is InChI=1S/C19H22N4O/c1-2-18(24)20-11-14-12-22(19-9-10-21-23(19)13-14)17-7-5-16(6-8-17)15-3-4-15/h2,5-10,14-15H,1,3-4,11-13H2,(H,20,24)/t14-/m1/s1. The fraction of sp³-hybridized carbons (Fsp3) is 0.368. The summed E-state index contributed by atoms with van der Waals surface area (Å²) in [6, 6.07) is 11.0. The number of nitrogens with zero attached hydrogens (tertiary/aromatic N) is 3. The minimum Gasteiger partial charge on any atom is -0.352 e. The van der Waals surface area contributed by atoms with Gasteiger partial charge in [0, 0.05) is 37.3 Å². The van der Waals surface area contributed by atoms with Crippen molar-refractivity contribution in [2.45, 2.75) is 25.3 Å². The average Bonchev–Trinajstić information content (AvgIpc) is 3.36. The van der Waals surface area contributed by atoms with Crippen molar-refractivity contribution in [3.63, 3.8) is 0 Å². The molecule has 2 heterocycles. The van der Waals surface area contributed by atoms with E-state index in [1.807, 2.05) is 16.9 Å². The second-order valence-electron chi connectivity index (χ2n) is 6.66. The molecule has 1 aromatic heterocycles.